The Morgan fingerprint density at radius 2 is 1.23 bits per heavy atom. The number of aryl methyl sites for hydroxylation is 4. The molecule has 1 heterocycles. The first-order chi connectivity index (χ1) is 14.3. The Hall–Kier alpha value is -3.66. The van der Waals surface area contributed by atoms with Crippen LogP contribution in [0, 0.1) is 27.7 Å². The fourth-order valence-corrected chi connectivity index (χ4v) is 3.65. The predicted molar refractivity (Wildman–Crippen MR) is 121 cm³/mol. The monoisotopic (exact) mass is 396 g/mol. The second-order valence-corrected chi connectivity index (χ2v) is 7.84. The SMILES string of the molecule is Cc1ccc(C2=C(Nc3ccc(C)cc3C)C(=O)N(c3ccc(C)cc3)C2=O)cc1. The van der Waals surface area contributed by atoms with E-state index in [-0.39, 0.29) is 11.8 Å². The molecule has 30 heavy (non-hydrogen) atoms. The molecule has 4 rings (SSSR count). The smallest absolute Gasteiger partial charge is 0.282 e. The molecule has 1 aliphatic heterocycles. The van der Waals surface area contributed by atoms with Gasteiger partial charge in [0.2, 0.25) is 0 Å². The summed E-state index contributed by atoms with van der Waals surface area (Å²) >= 11 is 0. The summed E-state index contributed by atoms with van der Waals surface area (Å²) in [5.74, 6) is -0.667. The van der Waals surface area contributed by atoms with E-state index >= 15 is 0 Å². The number of benzene rings is 3. The van der Waals surface area contributed by atoms with Gasteiger partial charge in [0.1, 0.15) is 5.70 Å². The molecule has 150 valence electrons. The lowest BCUT2D eigenvalue weighted by Gasteiger charge is -2.16. The number of hydrogen-bond acceptors (Lipinski definition) is 3. The summed E-state index contributed by atoms with van der Waals surface area (Å²) in [6.07, 6.45) is 0. The van der Waals surface area contributed by atoms with Crippen LogP contribution in [-0.4, -0.2) is 11.8 Å². The van der Waals surface area contributed by atoms with Gasteiger partial charge in [0.05, 0.1) is 11.3 Å². The highest BCUT2D eigenvalue weighted by Gasteiger charge is 2.40. The molecule has 0 radical (unpaired) electrons. The lowest BCUT2D eigenvalue weighted by atomic mass is 10.0. The molecular weight excluding hydrogens is 372 g/mol. The Balaban J connectivity index is 1.83. The van der Waals surface area contributed by atoms with Crippen molar-refractivity contribution in [3.8, 4) is 0 Å². The average Bonchev–Trinajstić information content (AvgIpc) is 2.95. The Kier molecular flexibility index (Phi) is 5.00. The number of nitrogens with one attached hydrogen (secondary N) is 1. The maximum atomic E-state index is 13.4. The van der Waals surface area contributed by atoms with Gasteiger partial charge in [0.25, 0.3) is 11.8 Å². The van der Waals surface area contributed by atoms with Crippen molar-refractivity contribution < 1.29 is 9.59 Å². The number of rotatable bonds is 4. The van der Waals surface area contributed by atoms with Crippen molar-refractivity contribution >= 4 is 28.8 Å². The molecule has 0 aliphatic carbocycles. The lowest BCUT2D eigenvalue weighted by Crippen LogP contribution is -2.32. The molecule has 0 saturated carbocycles. The van der Waals surface area contributed by atoms with E-state index in [4.69, 9.17) is 0 Å². The van der Waals surface area contributed by atoms with E-state index in [1.807, 2.05) is 82.3 Å². The third kappa shape index (κ3) is 3.52. The molecule has 0 unspecified atom stereocenters. The second-order valence-electron chi connectivity index (χ2n) is 7.84. The summed E-state index contributed by atoms with van der Waals surface area (Å²) < 4.78 is 0. The number of hydrogen-bond donors (Lipinski definition) is 1. The van der Waals surface area contributed by atoms with Crippen LogP contribution in [0.25, 0.3) is 5.57 Å². The van der Waals surface area contributed by atoms with E-state index in [1.54, 1.807) is 12.1 Å². The third-order valence-electron chi connectivity index (χ3n) is 5.36. The minimum absolute atomic E-state index is 0.302. The molecule has 0 atom stereocenters. The number of nitrogens with zero attached hydrogens (tertiary/aromatic N) is 1. The minimum atomic E-state index is -0.348. The van der Waals surface area contributed by atoms with Crippen LogP contribution in [0.5, 0.6) is 0 Å². The highest BCUT2D eigenvalue weighted by molar-refractivity contribution is 6.46. The summed E-state index contributed by atoms with van der Waals surface area (Å²) in [5.41, 5.74) is 7.11. The first-order valence-corrected chi connectivity index (χ1v) is 9.96. The zero-order valence-corrected chi connectivity index (χ0v) is 17.6. The van der Waals surface area contributed by atoms with E-state index in [1.165, 1.54) is 4.90 Å². The van der Waals surface area contributed by atoms with Crippen molar-refractivity contribution in [2.24, 2.45) is 0 Å². The minimum Gasteiger partial charge on any atom is -0.350 e. The number of carbonyl (C=O) groups excluding carboxylic acids is 2. The maximum Gasteiger partial charge on any atom is 0.282 e. The molecule has 4 nitrogen and oxygen atoms in total. The van der Waals surface area contributed by atoms with Crippen LogP contribution in [-0.2, 0) is 9.59 Å². The van der Waals surface area contributed by atoms with Crippen LogP contribution in [0.2, 0.25) is 0 Å². The standard InChI is InChI=1S/C26H24N2O2/c1-16-5-10-20(11-6-16)23-24(27-22-14-9-18(3)15-19(22)4)26(30)28(25(23)29)21-12-7-17(2)8-13-21/h5-15,27H,1-4H3. The van der Waals surface area contributed by atoms with Crippen LogP contribution in [0.3, 0.4) is 0 Å². The summed E-state index contributed by atoms with van der Waals surface area (Å²) in [5, 5.41) is 3.26. The molecule has 1 N–H and O–H groups in total. The Morgan fingerprint density at radius 1 is 0.667 bits per heavy atom. The molecule has 4 heteroatoms. The number of anilines is 2. The molecule has 0 bridgehead atoms. The zero-order chi connectivity index (χ0) is 21.4. The van der Waals surface area contributed by atoms with E-state index in [0.717, 1.165) is 33.5 Å². The number of imide groups is 1. The van der Waals surface area contributed by atoms with Crippen molar-refractivity contribution in [2.45, 2.75) is 27.7 Å². The first kappa shape index (κ1) is 19.6. The van der Waals surface area contributed by atoms with Gasteiger partial charge in [-0.05, 0) is 57.0 Å². The van der Waals surface area contributed by atoms with Crippen molar-refractivity contribution in [3.05, 3.63) is 100 Å². The summed E-state index contributed by atoms with van der Waals surface area (Å²) in [7, 11) is 0. The first-order valence-electron chi connectivity index (χ1n) is 9.96. The van der Waals surface area contributed by atoms with E-state index in [9.17, 15) is 9.59 Å². The largest absolute Gasteiger partial charge is 0.350 e. The van der Waals surface area contributed by atoms with Gasteiger partial charge < -0.3 is 5.32 Å². The van der Waals surface area contributed by atoms with Gasteiger partial charge in [-0.3, -0.25) is 9.59 Å². The van der Waals surface area contributed by atoms with Gasteiger partial charge in [-0.25, -0.2) is 4.90 Å². The van der Waals surface area contributed by atoms with E-state index in [2.05, 4.69) is 5.32 Å². The summed E-state index contributed by atoms with van der Waals surface area (Å²) in [6, 6.07) is 21.1. The zero-order valence-electron chi connectivity index (χ0n) is 17.6. The Bertz CT molecular complexity index is 1170. The normalized spacial score (nSPS) is 13.9. The molecule has 0 saturated heterocycles. The summed E-state index contributed by atoms with van der Waals surface area (Å²) in [6.45, 7) is 7.98. The fourth-order valence-electron chi connectivity index (χ4n) is 3.65. The van der Waals surface area contributed by atoms with Gasteiger partial charge in [-0.2, -0.15) is 0 Å². The quantitative estimate of drug-likeness (QED) is 0.608. The molecule has 3 aromatic carbocycles. The van der Waals surface area contributed by atoms with E-state index < -0.39 is 0 Å². The van der Waals surface area contributed by atoms with Crippen LogP contribution >= 0.6 is 0 Å². The number of carbonyl (C=O) groups is 2. The van der Waals surface area contributed by atoms with Crippen molar-refractivity contribution in [1.82, 2.24) is 0 Å². The van der Waals surface area contributed by atoms with Gasteiger partial charge >= 0.3 is 0 Å². The highest BCUT2D eigenvalue weighted by Crippen LogP contribution is 2.34. The van der Waals surface area contributed by atoms with E-state index in [0.29, 0.717) is 17.0 Å². The van der Waals surface area contributed by atoms with Crippen molar-refractivity contribution in [2.75, 3.05) is 10.2 Å². The van der Waals surface area contributed by atoms with Gasteiger partial charge in [0, 0.05) is 5.69 Å². The maximum absolute atomic E-state index is 13.4. The fraction of sp³-hybridized carbons (Fsp3) is 0.154. The van der Waals surface area contributed by atoms with Crippen LogP contribution < -0.4 is 10.2 Å². The lowest BCUT2D eigenvalue weighted by molar-refractivity contribution is -0.120. The molecular formula is C26H24N2O2. The molecule has 3 aromatic rings. The predicted octanol–water partition coefficient (Wildman–Crippen LogP) is 5.32. The Labute approximate surface area is 176 Å². The third-order valence-corrected chi connectivity index (χ3v) is 5.36. The molecule has 0 aromatic heterocycles. The molecule has 1 aliphatic rings. The number of amides is 2. The molecule has 2 amide bonds. The molecule has 0 spiro atoms. The summed E-state index contributed by atoms with van der Waals surface area (Å²) in [4.78, 5) is 28.1. The second kappa shape index (κ2) is 7.64. The van der Waals surface area contributed by atoms with Crippen LogP contribution in [0.1, 0.15) is 27.8 Å². The van der Waals surface area contributed by atoms with Crippen molar-refractivity contribution in [1.29, 1.82) is 0 Å². The van der Waals surface area contributed by atoms with Gasteiger partial charge in [0.15, 0.2) is 0 Å². The van der Waals surface area contributed by atoms with Crippen molar-refractivity contribution in [3.63, 3.8) is 0 Å². The van der Waals surface area contributed by atoms with Crippen LogP contribution in [0.4, 0.5) is 11.4 Å². The topological polar surface area (TPSA) is 49.4 Å². The molecule has 0 fully saturated rings. The Morgan fingerprint density at radius 3 is 1.83 bits per heavy atom. The van der Waals surface area contributed by atoms with Gasteiger partial charge in [-0.1, -0.05) is 65.2 Å². The average molecular weight is 396 g/mol. The van der Waals surface area contributed by atoms with Gasteiger partial charge in [-0.15, -0.1) is 0 Å². The highest BCUT2D eigenvalue weighted by atomic mass is 16.2. The van der Waals surface area contributed by atoms with Crippen LogP contribution in [0.15, 0.2) is 72.4 Å².